The van der Waals surface area contributed by atoms with Crippen LogP contribution in [0.4, 0.5) is 30.5 Å². The second-order valence-electron chi connectivity index (χ2n) is 4.05. The van der Waals surface area contributed by atoms with Gasteiger partial charge in [0.05, 0.1) is 5.56 Å². The van der Waals surface area contributed by atoms with E-state index >= 15 is 0 Å². The Hall–Kier alpha value is -1.70. The molecule has 21 heavy (non-hydrogen) atoms. The normalized spacial score (nSPS) is 11.3. The molecule has 0 fully saturated rings. The van der Waals surface area contributed by atoms with Crippen LogP contribution in [0.1, 0.15) is 5.56 Å². The smallest absolute Gasteiger partial charge is 0.340 e. The van der Waals surface area contributed by atoms with Crippen molar-refractivity contribution in [1.29, 1.82) is 0 Å². The van der Waals surface area contributed by atoms with Crippen molar-refractivity contribution < 1.29 is 13.2 Å². The first kappa shape index (κ1) is 15.7. The van der Waals surface area contributed by atoms with Crippen molar-refractivity contribution in [2.24, 2.45) is 5.84 Å². The molecule has 4 nitrogen and oxygen atoms in total. The topological polar surface area (TPSA) is 63.0 Å². The number of halogens is 5. The molecule has 0 saturated heterocycles. The van der Waals surface area contributed by atoms with Crippen LogP contribution in [0.25, 0.3) is 0 Å². The molecule has 2 rings (SSSR count). The van der Waals surface area contributed by atoms with Crippen molar-refractivity contribution in [1.82, 2.24) is 4.98 Å². The number of nitrogens with one attached hydrogen (secondary N) is 2. The van der Waals surface area contributed by atoms with Crippen LogP contribution in [0.15, 0.2) is 30.3 Å². The van der Waals surface area contributed by atoms with Gasteiger partial charge in [0.2, 0.25) is 0 Å². The number of hydrogen-bond acceptors (Lipinski definition) is 4. The Balaban J connectivity index is 2.39. The van der Waals surface area contributed by atoms with Crippen molar-refractivity contribution in [3.63, 3.8) is 0 Å². The lowest BCUT2D eigenvalue weighted by atomic mass is 10.2. The summed E-state index contributed by atoms with van der Waals surface area (Å²) < 4.78 is 38.4. The van der Waals surface area contributed by atoms with E-state index in [4.69, 9.17) is 29.0 Å². The molecule has 0 atom stereocenters. The average Bonchev–Trinajstić information content (AvgIpc) is 2.36. The van der Waals surface area contributed by atoms with Gasteiger partial charge in [-0.15, -0.1) is 0 Å². The van der Waals surface area contributed by atoms with Crippen LogP contribution < -0.4 is 16.6 Å². The lowest BCUT2D eigenvalue weighted by Crippen LogP contribution is -2.13. The minimum Gasteiger partial charge on any atom is -0.340 e. The van der Waals surface area contributed by atoms with Crippen LogP contribution in [0.2, 0.25) is 10.0 Å². The minimum absolute atomic E-state index is 0.0453. The second kappa shape index (κ2) is 5.97. The largest absolute Gasteiger partial charge is 0.416 e. The van der Waals surface area contributed by atoms with E-state index in [0.717, 1.165) is 12.1 Å². The zero-order chi connectivity index (χ0) is 15.6. The molecule has 2 aromatic rings. The van der Waals surface area contributed by atoms with Gasteiger partial charge in [-0.3, -0.25) is 0 Å². The van der Waals surface area contributed by atoms with Crippen LogP contribution in [-0.4, -0.2) is 4.98 Å². The monoisotopic (exact) mass is 336 g/mol. The Morgan fingerprint density at radius 3 is 2.05 bits per heavy atom. The van der Waals surface area contributed by atoms with Gasteiger partial charge in [-0.2, -0.15) is 13.2 Å². The van der Waals surface area contributed by atoms with E-state index in [-0.39, 0.29) is 11.6 Å². The summed E-state index contributed by atoms with van der Waals surface area (Å²) >= 11 is 11.6. The number of nitrogens with two attached hydrogens (primary N) is 1. The van der Waals surface area contributed by atoms with E-state index < -0.39 is 11.7 Å². The van der Waals surface area contributed by atoms with Gasteiger partial charge in [-0.05, 0) is 30.3 Å². The number of hydrazine groups is 1. The standard InChI is InChI=1S/C12H9Cl2F3N4/c13-7-3-8(14)5-9(4-7)19-10-1-6(12(15,16)17)2-11(20-10)21-18/h1-5H,18H2,(H2,19,20,21). The summed E-state index contributed by atoms with van der Waals surface area (Å²) in [6, 6.07) is 6.17. The third-order valence-corrected chi connectivity index (χ3v) is 2.87. The minimum atomic E-state index is -4.52. The number of aromatic nitrogens is 1. The molecule has 0 aliphatic carbocycles. The highest BCUT2D eigenvalue weighted by molar-refractivity contribution is 6.35. The van der Waals surface area contributed by atoms with Crippen molar-refractivity contribution in [3.8, 4) is 0 Å². The fourth-order valence-electron chi connectivity index (χ4n) is 1.61. The van der Waals surface area contributed by atoms with E-state index in [1.54, 1.807) is 0 Å². The molecule has 0 bridgehead atoms. The molecule has 0 spiro atoms. The fraction of sp³-hybridized carbons (Fsp3) is 0.0833. The van der Waals surface area contributed by atoms with Crippen LogP contribution in [0.3, 0.4) is 0 Å². The molecule has 1 heterocycles. The Labute approximate surface area is 128 Å². The molecular weight excluding hydrogens is 328 g/mol. The predicted octanol–water partition coefficient (Wildman–Crippen LogP) is 4.44. The molecule has 1 aromatic carbocycles. The third-order valence-electron chi connectivity index (χ3n) is 2.44. The number of nitrogens with zero attached hydrogens (tertiary/aromatic N) is 1. The first-order valence-corrected chi connectivity index (χ1v) is 6.32. The van der Waals surface area contributed by atoms with Gasteiger partial charge in [0, 0.05) is 15.7 Å². The zero-order valence-corrected chi connectivity index (χ0v) is 11.8. The number of anilines is 3. The maximum atomic E-state index is 12.8. The van der Waals surface area contributed by atoms with Crippen LogP contribution in [0.5, 0.6) is 0 Å². The molecule has 0 aliphatic heterocycles. The van der Waals surface area contributed by atoms with E-state index in [2.05, 4.69) is 15.7 Å². The first-order chi connectivity index (χ1) is 9.77. The molecule has 0 saturated carbocycles. The van der Waals surface area contributed by atoms with E-state index in [9.17, 15) is 13.2 Å². The van der Waals surface area contributed by atoms with Crippen molar-refractivity contribution in [2.75, 3.05) is 10.7 Å². The van der Waals surface area contributed by atoms with Gasteiger partial charge < -0.3 is 10.7 Å². The summed E-state index contributed by atoms with van der Waals surface area (Å²) in [5.74, 6) is 4.95. The molecular formula is C12H9Cl2F3N4. The number of alkyl halides is 3. The summed E-state index contributed by atoms with van der Waals surface area (Å²) in [5, 5.41) is 3.38. The van der Waals surface area contributed by atoms with Gasteiger partial charge in [0.25, 0.3) is 0 Å². The first-order valence-electron chi connectivity index (χ1n) is 5.57. The maximum Gasteiger partial charge on any atom is 0.416 e. The van der Waals surface area contributed by atoms with E-state index in [1.807, 2.05) is 0 Å². The lowest BCUT2D eigenvalue weighted by Gasteiger charge is -2.12. The van der Waals surface area contributed by atoms with Crippen molar-refractivity contribution in [3.05, 3.63) is 45.9 Å². The molecule has 4 N–H and O–H groups in total. The fourth-order valence-corrected chi connectivity index (χ4v) is 2.13. The van der Waals surface area contributed by atoms with Gasteiger partial charge in [-0.1, -0.05) is 23.2 Å². The summed E-state index contributed by atoms with van der Waals surface area (Å²) in [6.07, 6.45) is -4.52. The molecule has 112 valence electrons. The molecule has 0 radical (unpaired) electrons. The molecule has 0 unspecified atom stereocenters. The van der Waals surface area contributed by atoms with Gasteiger partial charge >= 0.3 is 6.18 Å². The predicted molar refractivity (Wildman–Crippen MR) is 76.8 cm³/mol. The molecule has 0 aliphatic rings. The van der Waals surface area contributed by atoms with Crippen LogP contribution in [0, 0.1) is 0 Å². The Morgan fingerprint density at radius 2 is 1.52 bits per heavy atom. The second-order valence-corrected chi connectivity index (χ2v) is 4.92. The SMILES string of the molecule is NNc1cc(C(F)(F)F)cc(Nc2cc(Cl)cc(Cl)c2)n1. The summed E-state index contributed by atoms with van der Waals surface area (Å²) in [5.41, 5.74) is 1.60. The summed E-state index contributed by atoms with van der Waals surface area (Å²) in [6.45, 7) is 0. The third kappa shape index (κ3) is 4.13. The van der Waals surface area contributed by atoms with E-state index in [1.165, 1.54) is 18.2 Å². The van der Waals surface area contributed by atoms with Crippen molar-refractivity contribution in [2.45, 2.75) is 6.18 Å². The van der Waals surface area contributed by atoms with E-state index in [0.29, 0.717) is 15.7 Å². The maximum absolute atomic E-state index is 12.8. The number of benzene rings is 1. The molecule has 0 amide bonds. The zero-order valence-electron chi connectivity index (χ0n) is 10.3. The Bertz CT molecular complexity index is 641. The van der Waals surface area contributed by atoms with Gasteiger partial charge in [0.1, 0.15) is 11.6 Å². The quantitative estimate of drug-likeness (QED) is 0.572. The highest BCUT2D eigenvalue weighted by Crippen LogP contribution is 2.33. The number of rotatable bonds is 3. The molecule has 9 heteroatoms. The van der Waals surface area contributed by atoms with Crippen LogP contribution in [-0.2, 0) is 6.18 Å². The van der Waals surface area contributed by atoms with Crippen molar-refractivity contribution >= 4 is 40.5 Å². The number of pyridine rings is 1. The highest BCUT2D eigenvalue weighted by Gasteiger charge is 2.31. The Morgan fingerprint density at radius 1 is 0.952 bits per heavy atom. The highest BCUT2D eigenvalue weighted by atomic mass is 35.5. The van der Waals surface area contributed by atoms with Gasteiger partial charge in [0.15, 0.2) is 0 Å². The molecule has 1 aromatic heterocycles. The summed E-state index contributed by atoms with van der Waals surface area (Å²) in [4.78, 5) is 3.89. The number of hydrogen-bond donors (Lipinski definition) is 3. The number of nitrogen functional groups attached to an aromatic ring is 1. The average molecular weight is 337 g/mol. The Kier molecular flexibility index (Phi) is 4.46. The van der Waals surface area contributed by atoms with Gasteiger partial charge in [-0.25, -0.2) is 10.8 Å². The lowest BCUT2D eigenvalue weighted by molar-refractivity contribution is -0.137. The van der Waals surface area contributed by atoms with Crippen LogP contribution >= 0.6 is 23.2 Å². The summed E-state index contributed by atoms with van der Waals surface area (Å²) in [7, 11) is 0.